The number of hydrogen-bond donors (Lipinski definition) is 1. The lowest BCUT2D eigenvalue weighted by atomic mass is 10.2. The van der Waals surface area contributed by atoms with E-state index in [0.717, 1.165) is 12.1 Å². The van der Waals surface area contributed by atoms with Gasteiger partial charge in [-0.25, -0.2) is 18.4 Å². The smallest absolute Gasteiger partial charge is 0.339 e. The number of carbonyl (C=O) groups excluding carboxylic acids is 1. The number of non-ortho nitro benzene ring substituents is 1. The summed E-state index contributed by atoms with van der Waals surface area (Å²) in [4.78, 5) is 21.2. The van der Waals surface area contributed by atoms with Crippen LogP contribution in [0.4, 0.5) is 5.69 Å². The minimum atomic E-state index is -4.23. The molecule has 2 N–H and O–H groups in total. The van der Waals surface area contributed by atoms with Crippen LogP contribution in [-0.2, 0) is 14.8 Å². The summed E-state index contributed by atoms with van der Waals surface area (Å²) in [7, 11) is -4.23. The van der Waals surface area contributed by atoms with Crippen molar-refractivity contribution in [2.24, 2.45) is 5.14 Å². The first-order valence-electron chi connectivity index (χ1n) is 5.36. The number of nitro groups is 1. The molecule has 0 bridgehead atoms. The first-order valence-corrected chi connectivity index (χ1v) is 7.70. The number of halogens is 1. The highest BCUT2D eigenvalue weighted by atomic mass is 79.9. The van der Waals surface area contributed by atoms with Crippen LogP contribution in [-0.4, -0.2) is 25.9 Å². The van der Waals surface area contributed by atoms with Crippen molar-refractivity contribution in [2.75, 3.05) is 6.61 Å². The molecule has 0 saturated carbocycles. The normalized spacial score (nSPS) is 11.2. The van der Waals surface area contributed by atoms with Crippen molar-refractivity contribution in [3.05, 3.63) is 32.3 Å². The molecule has 0 aromatic heterocycles. The summed E-state index contributed by atoms with van der Waals surface area (Å²) >= 11 is 2.91. The summed E-state index contributed by atoms with van der Waals surface area (Å²) in [6.07, 6.45) is 0.556. The van der Waals surface area contributed by atoms with Crippen LogP contribution < -0.4 is 5.14 Å². The molecule has 0 heterocycles. The number of sulfonamides is 1. The van der Waals surface area contributed by atoms with Crippen molar-refractivity contribution in [3.8, 4) is 0 Å². The lowest BCUT2D eigenvalue weighted by Crippen LogP contribution is -2.16. The summed E-state index contributed by atoms with van der Waals surface area (Å²) in [5.41, 5.74) is -0.836. The number of carbonyl (C=O) groups is 1. The lowest BCUT2D eigenvalue weighted by Gasteiger charge is -2.08. The number of rotatable bonds is 5. The van der Waals surface area contributed by atoms with E-state index in [2.05, 4.69) is 15.9 Å². The number of benzene rings is 1. The molecule has 0 amide bonds. The Hall–Kier alpha value is -1.52. The Bertz CT molecular complexity index is 658. The highest BCUT2D eigenvalue weighted by Crippen LogP contribution is 2.30. The van der Waals surface area contributed by atoms with E-state index in [1.165, 1.54) is 0 Å². The lowest BCUT2D eigenvalue weighted by molar-refractivity contribution is -0.385. The molecule has 10 heteroatoms. The minimum Gasteiger partial charge on any atom is -0.462 e. The highest BCUT2D eigenvalue weighted by Gasteiger charge is 2.25. The number of hydrogen-bond acceptors (Lipinski definition) is 6. The van der Waals surface area contributed by atoms with Crippen molar-refractivity contribution in [2.45, 2.75) is 18.2 Å². The average Bonchev–Trinajstić information content (AvgIpc) is 2.34. The fourth-order valence-electron chi connectivity index (χ4n) is 1.32. The monoisotopic (exact) mass is 366 g/mol. The second-order valence-electron chi connectivity index (χ2n) is 3.74. The predicted octanol–water partition coefficient (Wildman–Crippen LogP) is 1.57. The number of nitro benzene ring substituents is 1. The van der Waals surface area contributed by atoms with E-state index in [1.54, 1.807) is 6.92 Å². The number of primary sulfonamides is 1. The zero-order valence-corrected chi connectivity index (χ0v) is 12.7. The molecule has 1 aromatic rings. The van der Waals surface area contributed by atoms with Gasteiger partial charge >= 0.3 is 5.97 Å². The van der Waals surface area contributed by atoms with E-state index in [0.29, 0.717) is 6.42 Å². The van der Waals surface area contributed by atoms with Gasteiger partial charge in [0, 0.05) is 12.1 Å². The molecule has 0 fully saturated rings. The third-order valence-corrected chi connectivity index (χ3v) is 4.25. The second-order valence-corrected chi connectivity index (χ2v) is 6.07. The van der Waals surface area contributed by atoms with E-state index in [1.807, 2.05) is 0 Å². The number of esters is 1. The highest BCUT2D eigenvalue weighted by molar-refractivity contribution is 9.10. The Kier molecular flexibility index (Phi) is 5.20. The molecule has 1 rings (SSSR count). The molecule has 0 aliphatic heterocycles. The zero-order chi connectivity index (χ0) is 15.5. The molecular formula is C10H11BrN2O6S. The largest absolute Gasteiger partial charge is 0.462 e. The van der Waals surface area contributed by atoms with Gasteiger partial charge < -0.3 is 4.74 Å². The van der Waals surface area contributed by atoms with Crippen LogP contribution in [0.2, 0.25) is 0 Å². The summed E-state index contributed by atoms with van der Waals surface area (Å²) in [5, 5.41) is 15.7. The molecular weight excluding hydrogens is 356 g/mol. The van der Waals surface area contributed by atoms with Gasteiger partial charge in [0.25, 0.3) is 5.69 Å². The van der Waals surface area contributed by atoms with Crippen molar-refractivity contribution >= 4 is 37.6 Å². The van der Waals surface area contributed by atoms with Gasteiger partial charge in [-0.15, -0.1) is 0 Å². The average molecular weight is 367 g/mol. The Morgan fingerprint density at radius 2 is 2.10 bits per heavy atom. The third-order valence-electron chi connectivity index (χ3n) is 2.20. The minimum absolute atomic E-state index is 0.110. The molecule has 0 atom stereocenters. The van der Waals surface area contributed by atoms with Gasteiger partial charge in [-0.2, -0.15) is 0 Å². The Morgan fingerprint density at radius 1 is 1.50 bits per heavy atom. The summed E-state index contributed by atoms with van der Waals surface area (Å²) in [6, 6.07) is 1.70. The fraction of sp³-hybridized carbons (Fsp3) is 0.300. The summed E-state index contributed by atoms with van der Waals surface area (Å²) < 4.78 is 27.5. The predicted molar refractivity (Wildman–Crippen MR) is 72.7 cm³/mol. The van der Waals surface area contributed by atoms with Crippen molar-refractivity contribution < 1.29 is 22.9 Å². The molecule has 20 heavy (non-hydrogen) atoms. The maximum atomic E-state index is 11.8. The third kappa shape index (κ3) is 3.74. The topological polar surface area (TPSA) is 130 Å². The Morgan fingerprint density at radius 3 is 2.55 bits per heavy atom. The second kappa shape index (κ2) is 6.29. The number of nitrogens with zero attached hydrogens (tertiary/aromatic N) is 1. The van der Waals surface area contributed by atoms with Crippen LogP contribution in [0.1, 0.15) is 23.7 Å². The molecule has 0 unspecified atom stereocenters. The van der Waals surface area contributed by atoms with Gasteiger partial charge in [-0.3, -0.25) is 10.1 Å². The SMILES string of the molecule is CCCOC(=O)c1cc([N+](=O)[O-])cc(S(N)(=O)=O)c1Br. The number of nitrogens with two attached hydrogens (primary N) is 1. The van der Waals surface area contributed by atoms with Crippen LogP contribution in [0.5, 0.6) is 0 Å². The standard InChI is InChI=1S/C10H11BrN2O6S/c1-2-3-19-10(14)7-4-6(13(15)16)5-8(9(7)11)20(12,17)18/h4-5H,2-3H2,1H3,(H2,12,17,18). The van der Waals surface area contributed by atoms with Crippen molar-refractivity contribution in [1.29, 1.82) is 0 Å². The van der Waals surface area contributed by atoms with E-state index in [9.17, 15) is 23.3 Å². The van der Waals surface area contributed by atoms with Gasteiger partial charge in [0.1, 0.15) is 4.90 Å². The van der Waals surface area contributed by atoms with Gasteiger partial charge in [-0.05, 0) is 22.4 Å². The molecule has 0 radical (unpaired) electrons. The van der Waals surface area contributed by atoms with Gasteiger partial charge in [-0.1, -0.05) is 6.92 Å². The molecule has 0 saturated heterocycles. The van der Waals surface area contributed by atoms with Crippen LogP contribution in [0.3, 0.4) is 0 Å². The number of ether oxygens (including phenoxy) is 1. The van der Waals surface area contributed by atoms with Crippen LogP contribution >= 0.6 is 15.9 Å². The first kappa shape index (κ1) is 16.5. The molecule has 0 aliphatic carbocycles. The maximum Gasteiger partial charge on any atom is 0.339 e. The Labute approximate surface area is 123 Å². The van der Waals surface area contributed by atoms with E-state index < -0.39 is 31.5 Å². The fourth-order valence-corrected chi connectivity index (χ4v) is 3.03. The zero-order valence-electron chi connectivity index (χ0n) is 10.3. The van der Waals surface area contributed by atoms with Gasteiger partial charge in [0.05, 0.1) is 21.6 Å². The van der Waals surface area contributed by atoms with E-state index >= 15 is 0 Å². The van der Waals surface area contributed by atoms with Gasteiger partial charge in [0.2, 0.25) is 10.0 Å². The van der Waals surface area contributed by atoms with Gasteiger partial charge in [0.15, 0.2) is 0 Å². The van der Waals surface area contributed by atoms with Crippen molar-refractivity contribution in [3.63, 3.8) is 0 Å². The van der Waals surface area contributed by atoms with Crippen LogP contribution in [0.25, 0.3) is 0 Å². The Balaban J connectivity index is 3.47. The molecule has 0 aliphatic rings. The molecule has 0 spiro atoms. The van der Waals surface area contributed by atoms with E-state index in [-0.39, 0.29) is 16.6 Å². The molecule has 8 nitrogen and oxygen atoms in total. The first-order chi connectivity index (χ1) is 9.18. The van der Waals surface area contributed by atoms with Crippen molar-refractivity contribution in [1.82, 2.24) is 0 Å². The van der Waals surface area contributed by atoms with E-state index in [4.69, 9.17) is 9.88 Å². The maximum absolute atomic E-state index is 11.8. The molecule has 110 valence electrons. The molecule has 1 aromatic carbocycles. The quantitative estimate of drug-likeness (QED) is 0.478. The van der Waals surface area contributed by atoms with Crippen LogP contribution in [0.15, 0.2) is 21.5 Å². The summed E-state index contributed by atoms with van der Waals surface area (Å²) in [5.74, 6) is -0.868. The van der Waals surface area contributed by atoms with Crippen LogP contribution in [0, 0.1) is 10.1 Å². The summed E-state index contributed by atoms with van der Waals surface area (Å²) in [6.45, 7) is 1.88.